The maximum atomic E-state index is 2.48. The summed E-state index contributed by atoms with van der Waals surface area (Å²) in [5, 5.41) is 7.71. The van der Waals surface area contributed by atoms with Crippen LogP contribution in [0.3, 0.4) is 0 Å². The average molecular weight is 736 g/mol. The Hall–Kier alpha value is -6.52. The minimum atomic E-state index is 1.11. The van der Waals surface area contributed by atoms with Crippen molar-refractivity contribution >= 4 is 90.9 Å². The number of anilines is 3. The zero-order chi connectivity index (χ0) is 36.3. The summed E-state index contributed by atoms with van der Waals surface area (Å²) in [6.07, 6.45) is 0. The van der Waals surface area contributed by atoms with Crippen LogP contribution < -0.4 is 4.90 Å². The van der Waals surface area contributed by atoms with Crippen LogP contribution in [0.25, 0.3) is 84.5 Å². The highest BCUT2D eigenvalue weighted by molar-refractivity contribution is 7.26. The number of nitrogens with zero attached hydrogens (tertiary/aromatic N) is 1. The molecule has 0 aliphatic carbocycles. The second kappa shape index (κ2) is 13.1. The average Bonchev–Trinajstić information content (AvgIpc) is 3.82. The highest BCUT2D eigenvalue weighted by atomic mass is 32.1. The molecular weight excluding hydrogens is 703 g/mol. The molecule has 55 heavy (non-hydrogen) atoms. The molecule has 0 spiro atoms. The molecule has 0 saturated heterocycles. The van der Waals surface area contributed by atoms with Crippen LogP contribution in [0.15, 0.2) is 200 Å². The lowest BCUT2D eigenvalue weighted by Crippen LogP contribution is -2.12. The summed E-state index contributed by atoms with van der Waals surface area (Å²) in [5.74, 6) is 0. The molecule has 0 radical (unpaired) electrons. The second-order valence-electron chi connectivity index (χ2n) is 14.1. The van der Waals surface area contributed by atoms with Crippen LogP contribution in [0.4, 0.5) is 17.1 Å². The van der Waals surface area contributed by atoms with Gasteiger partial charge in [-0.05, 0) is 82.1 Å². The van der Waals surface area contributed by atoms with Gasteiger partial charge in [0.25, 0.3) is 0 Å². The zero-order valence-corrected chi connectivity index (χ0v) is 31.4. The van der Waals surface area contributed by atoms with Crippen LogP contribution in [0.5, 0.6) is 0 Å². The van der Waals surface area contributed by atoms with Gasteiger partial charge >= 0.3 is 0 Å². The molecule has 0 N–H and O–H groups in total. The molecule has 0 unspecified atom stereocenters. The molecule has 0 amide bonds. The second-order valence-corrected chi connectivity index (χ2v) is 16.2. The van der Waals surface area contributed by atoms with E-state index in [0.717, 1.165) is 17.1 Å². The molecule has 0 fully saturated rings. The molecule has 258 valence electrons. The minimum absolute atomic E-state index is 1.11. The fourth-order valence-corrected chi connectivity index (χ4v) is 10.6. The molecule has 2 heterocycles. The summed E-state index contributed by atoms with van der Waals surface area (Å²) in [5.41, 5.74) is 10.6. The van der Waals surface area contributed by atoms with Crippen molar-refractivity contribution < 1.29 is 0 Å². The third-order valence-corrected chi connectivity index (χ3v) is 13.2. The fraction of sp³-hybridized carbons (Fsp3) is 0. The monoisotopic (exact) mass is 735 g/mol. The molecule has 1 nitrogen and oxygen atoms in total. The van der Waals surface area contributed by atoms with Crippen molar-refractivity contribution in [1.29, 1.82) is 0 Å². The van der Waals surface area contributed by atoms with Crippen LogP contribution in [0.1, 0.15) is 0 Å². The predicted molar refractivity (Wildman–Crippen MR) is 241 cm³/mol. The Labute approximate surface area is 327 Å². The van der Waals surface area contributed by atoms with Gasteiger partial charge in [0.1, 0.15) is 0 Å². The van der Waals surface area contributed by atoms with Gasteiger partial charge in [-0.2, -0.15) is 0 Å². The molecule has 0 aliphatic rings. The Bertz CT molecular complexity index is 3240. The first-order valence-corrected chi connectivity index (χ1v) is 20.3. The van der Waals surface area contributed by atoms with Crippen LogP contribution in [-0.4, -0.2) is 0 Å². The number of benzene rings is 9. The van der Waals surface area contributed by atoms with Gasteiger partial charge < -0.3 is 4.90 Å². The largest absolute Gasteiger partial charge is 0.309 e. The third kappa shape index (κ3) is 5.43. The van der Waals surface area contributed by atoms with Crippen LogP contribution in [0, 0.1) is 0 Å². The molecule has 11 aromatic rings. The Morgan fingerprint density at radius 1 is 0.309 bits per heavy atom. The maximum absolute atomic E-state index is 2.48. The lowest BCUT2D eigenvalue weighted by atomic mass is 9.96. The van der Waals surface area contributed by atoms with Crippen molar-refractivity contribution in [3.63, 3.8) is 0 Å². The highest BCUT2D eigenvalue weighted by Crippen LogP contribution is 2.48. The smallest absolute Gasteiger partial charge is 0.0540 e. The predicted octanol–water partition coefficient (Wildman–Crippen LogP) is 16.0. The lowest BCUT2D eigenvalue weighted by molar-refractivity contribution is 1.28. The van der Waals surface area contributed by atoms with E-state index in [1.54, 1.807) is 0 Å². The van der Waals surface area contributed by atoms with E-state index in [1.165, 1.54) is 84.5 Å². The number of rotatable bonds is 6. The van der Waals surface area contributed by atoms with E-state index in [2.05, 4.69) is 205 Å². The normalized spacial score (nSPS) is 11.6. The van der Waals surface area contributed by atoms with Crippen LogP contribution in [-0.2, 0) is 0 Å². The van der Waals surface area contributed by atoms with E-state index in [9.17, 15) is 0 Å². The van der Waals surface area contributed by atoms with Crippen molar-refractivity contribution in [3.8, 4) is 33.4 Å². The molecule has 2 aromatic heterocycles. The number of hydrogen-bond acceptors (Lipinski definition) is 3. The fourth-order valence-electron chi connectivity index (χ4n) is 8.26. The number of thiophene rings is 2. The summed E-state index contributed by atoms with van der Waals surface area (Å²) in [4.78, 5) is 2.48. The standard InChI is InChI=1S/C52H33NS2/c1-2-14-35-31-38(28-27-34(35)13-1)40-17-3-7-23-47(40)53(39-16-11-15-36(32-39)37-29-30-51-46(33-37)43-20-6-9-25-49(43)54-51)48-24-8-4-18-41(48)44-21-12-22-45-42-19-5-10-26-50(42)55-52(44)45/h1-33H. The Morgan fingerprint density at radius 3 is 1.75 bits per heavy atom. The first-order valence-electron chi connectivity index (χ1n) is 18.7. The molecule has 0 aliphatic heterocycles. The topological polar surface area (TPSA) is 3.24 Å². The summed E-state index contributed by atoms with van der Waals surface area (Å²) >= 11 is 3.74. The van der Waals surface area contributed by atoms with E-state index < -0.39 is 0 Å². The summed E-state index contributed by atoms with van der Waals surface area (Å²) in [7, 11) is 0. The highest BCUT2D eigenvalue weighted by Gasteiger charge is 2.22. The summed E-state index contributed by atoms with van der Waals surface area (Å²) in [6.45, 7) is 0. The van der Waals surface area contributed by atoms with E-state index in [-0.39, 0.29) is 0 Å². The van der Waals surface area contributed by atoms with Crippen molar-refractivity contribution in [3.05, 3.63) is 200 Å². The van der Waals surface area contributed by atoms with Gasteiger partial charge in [0.15, 0.2) is 0 Å². The van der Waals surface area contributed by atoms with Gasteiger partial charge in [0.2, 0.25) is 0 Å². The van der Waals surface area contributed by atoms with E-state index in [0.29, 0.717) is 0 Å². The lowest BCUT2D eigenvalue weighted by Gasteiger charge is -2.30. The SMILES string of the molecule is c1cc(-c2ccc3sc4ccccc4c3c2)cc(N(c2ccccc2-c2ccc3ccccc3c2)c2ccccc2-c2cccc3c2sc2ccccc23)c1. The molecule has 9 aromatic carbocycles. The number of fused-ring (bicyclic) bond motifs is 7. The first kappa shape index (κ1) is 32.0. The maximum Gasteiger partial charge on any atom is 0.0540 e. The summed E-state index contributed by atoms with van der Waals surface area (Å²) in [6, 6.07) is 73.6. The van der Waals surface area contributed by atoms with Crippen molar-refractivity contribution in [1.82, 2.24) is 0 Å². The molecular formula is C52H33NS2. The Morgan fingerprint density at radius 2 is 0.891 bits per heavy atom. The van der Waals surface area contributed by atoms with E-state index in [4.69, 9.17) is 0 Å². The molecule has 11 rings (SSSR count). The zero-order valence-electron chi connectivity index (χ0n) is 29.8. The van der Waals surface area contributed by atoms with Gasteiger partial charge in [-0.25, -0.2) is 0 Å². The number of hydrogen-bond donors (Lipinski definition) is 0. The number of para-hydroxylation sites is 2. The molecule has 0 atom stereocenters. The van der Waals surface area contributed by atoms with Gasteiger partial charge in [-0.15, -0.1) is 22.7 Å². The Kier molecular flexibility index (Phi) is 7.61. The summed E-state index contributed by atoms with van der Waals surface area (Å²) < 4.78 is 5.26. The van der Waals surface area contributed by atoms with Crippen LogP contribution in [0.2, 0.25) is 0 Å². The minimum Gasteiger partial charge on any atom is -0.309 e. The van der Waals surface area contributed by atoms with Crippen molar-refractivity contribution in [2.75, 3.05) is 4.90 Å². The molecule has 3 heteroatoms. The van der Waals surface area contributed by atoms with Crippen molar-refractivity contribution in [2.24, 2.45) is 0 Å². The van der Waals surface area contributed by atoms with E-state index >= 15 is 0 Å². The van der Waals surface area contributed by atoms with Gasteiger partial charge in [-0.3, -0.25) is 0 Å². The molecule has 0 bridgehead atoms. The molecule has 0 saturated carbocycles. The first-order chi connectivity index (χ1) is 27.3. The Balaban J connectivity index is 1.15. The van der Waals surface area contributed by atoms with Gasteiger partial charge in [0.05, 0.1) is 11.4 Å². The quantitative estimate of drug-likeness (QED) is 0.164. The van der Waals surface area contributed by atoms with E-state index in [1.807, 2.05) is 22.7 Å². The van der Waals surface area contributed by atoms with Gasteiger partial charge in [-0.1, -0.05) is 146 Å². The van der Waals surface area contributed by atoms with Gasteiger partial charge in [0, 0.05) is 62.7 Å². The van der Waals surface area contributed by atoms with Crippen LogP contribution >= 0.6 is 22.7 Å². The van der Waals surface area contributed by atoms with Crippen molar-refractivity contribution in [2.45, 2.75) is 0 Å². The third-order valence-electron chi connectivity index (χ3n) is 10.9.